The van der Waals surface area contributed by atoms with Crippen molar-refractivity contribution in [2.45, 2.75) is 25.7 Å². The molecule has 0 spiro atoms. The molecule has 0 aliphatic rings. The normalized spacial score (nSPS) is 10.7. The summed E-state index contributed by atoms with van der Waals surface area (Å²) >= 11 is 5.62. The molecule has 0 amide bonds. The number of alkyl halides is 3. The third kappa shape index (κ3) is 3.29. The van der Waals surface area contributed by atoms with Gasteiger partial charge in [0.05, 0.1) is 36.5 Å². The van der Waals surface area contributed by atoms with E-state index in [2.05, 4.69) is 4.98 Å². The molecule has 0 saturated carbocycles. The smallest absolute Gasteiger partial charge is 0.310 e. The van der Waals surface area contributed by atoms with Gasteiger partial charge in [-0.2, -0.15) is 0 Å². The van der Waals surface area contributed by atoms with Crippen LogP contribution in [0.2, 0.25) is 0 Å². The van der Waals surface area contributed by atoms with Crippen molar-refractivity contribution in [2.75, 3.05) is 12.3 Å². The van der Waals surface area contributed by atoms with Gasteiger partial charge in [-0.15, -0.1) is 11.6 Å². The second-order valence-electron chi connectivity index (χ2n) is 3.47. The maximum absolute atomic E-state index is 12.9. The van der Waals surface area contributed by atoms with Gasteiger partial charge in [0.25, 0.3) is 6.43 Å². The number of pyridine rings is 1. The zero-order valence-electron chi connectivity index (χ0n) is 9.75. The maximum atomic E-state index is 12.9. The van der Waals surface area contributed by atoms with Gasteiger partial charge in [0.1, 0.15) is 0 Å². The van der Waals surface area contributed by atoms with Crippen molar-refractivity contribution < 1.29 is 18.3 Å². The van der Waals surface area contributed by atoms with Gasteiger partial charge in [-0.25, -0.2) is 8.78 Å². The molecule has 0 bridgehead atoms. The number of anilines is 1. The molecule has 2 N–H and O–H groups in total. The third-order valence-corrected chi connectivity index (χ3v) is 2.57. The van der Waals surface area contributed by atoms with Gasteiger partial charge >= 0.3 is 5.97 Å². The van der Waals surface area contributed by atoms with Crippen molar-refractivity contribution in [3.8, 4) is 0 Å². The molecule has 4 nitrogen and oxygen atoms in total. The number of halogens is 3. The van der Waals surface area contributed by atoms with Gasteiger partial charge in [0.15, 0.2) is 0 Å². The fourth-order valence-electron chi connectivity index (χ4n) is 1.55. The van der Waals surface area contributed by atoms with Crippen LogP contribution >= 0.6 is 11.6 Å². The predicted molar refractivity (Wildman–Crippen MR) is 63.5 cm³/mol. The zero-order valence-corrected chi connectivity index (χ0v) is 10.5. The number of rotatable bonds is 5. The van der Waals surface area contributed by atoms with E-state index in [9.17, 15) is 13.6 Å². The van der Waals surface area contributed by atoms with Crippen LogP contribution in [0.25, 0.3) is 0 Å². The first-order valence-corrected chi connectivity index (χ1v) is 5.80. The summed E-state index contributed by atoms with van der Waals surface area (Å²) < 4.78 is 30.6. The van der Waals surface area contributed by atoms with Gasteiger partial charge in [-0.05, 0) is 12.5 Å². The van der Waals surface area contributed by atoms with Crippen molar-refractivity contribution >= 4 is 23.3 Å². The maximum Gasteiger partial charge on any atom is 0.310 e. The lowest BCUT2D eigenvalue weighted by atomic mass is 10.0. The molecule has 7 heteroatoms. The summed E-state index contributed by atoms with van der Waals surface area (Å²) in [4.78, 5) is 15.2. The van der Waals surface area contributed by atoms with E-state index in [1.54, 1.807) is 6.92 Å². The van der Waals surface area contributed by atoms with Crippen LogP contribution in [0.5, 0.6) is 0 Å². The molecule has 0 atom stereocenters. The van der Waals surface area contributed by atoms with E-state index >= 15 is 0 Å². The van der Waals surface area contributed by atoms with E-state index in [4.69, 9.17) is 22.1 Å². The molecular formula is C11H13ClF2N2O2. The molecule has 1 heterocycles. The Kier molecular flexibility index (Phi) is 5.27. The minimum atomic E-state index is -2.79. The van der Waals surface area contributed by atoms with Gasteiger partial charge in [-0.3, -0.25) is 9.78 Å². The Bertz CT molecular complexity index is 441. The van der Waals surface area contributed by atoms with Crippen molar-refractivity contribution in [1.82, 2.24) is 4.98 Å². The lowest BCUT2D eigenvalue weighted by Crippen LogP contribution is -2.14. The van der Waals surface area contributed by atoms with E-state index in [1.165, 1.54) is 0 Å². The molecule has 0 aromatic carbocycles. The summed E-state index contributed by atoms with van der Waals surface area (Å²) in [6.07, 6.45) is -1.99. The molecule has 0 aliphatic carbocycles. The Balaban J connectivity index is 3.19. The first-order valence-electron chi connectivity index (χ1n) is 5.27. The molecule has 0 aliphatic heterocycles. The average molecular weight is 279 g/mol. The SMILES string of the molecule is CCOC(=O)Cc1c(CCl)ncc(N)c1C(F)F. The topological polar surface area (TPSA) is 65.2 Å². The minimum Gasteiger partial charge on any atom is -0.466 e. The van der Waals surface area contributed by atoms with E-state index in [-0.39, 0.29) is 35.9 Å². The first-order chi connectivity index (χ1) is 8.51. The van der Waals surface area contributed by atoms with Gasteiger partial charge in [0, 0.05) is 5.56 Å². The molecule has 0 fully saturated rings. The molecule has 0 radical (unpaired) electrons. The standard InChI is InChI=1S/C11H13ClF2N2O2/c1-2-18-9(17)3-6-8(4-12)16-5-7(15)10(6)11(13)14/h5,11H,2-4,15H2,1H3. The molecule has 1 aromatic rings. The number of aromatic nitrogens is 1. The fraction of sp³-hybridized carbons (Fsp3) is 0.455. The molecule has 18 heavy (non-hydrogen) atoms. The molecule has 1 aromatic heterocycles. The Morgan fingerprint density at radius 1 is 1.61 bits per heavy atom. The van der Waals surface area contributed by atoms with Crippen LogP contribution in [0, 0.1) is 0 Å². The lowest BCUT2D eigenvalue weighted by Gasteiger charge is -2.14. The number of ether oxygens (including phenoxy) is 1. The van der Waals surface area contributed by atoms with Gasteiger partial charge < -0.3 is 10.5 Å². The number of nitrogens with two attached hydrogens (primary N) is 1. The largest absolute Gasteiger partial charge is 0.466 e. The number of esters is 1. The average Bonchev–Trinajstić information content (AvgIpc) is 2.29. The van der Waals surface area contributed by atoms with Crippen molar-refractivity contribution in [2.24, 2.45) is 0 Å². The summed E-state index contributed by atoms with van der Waals surface area (Å²) in [7, 11) is 0. The van der Waals surface area contributed by atoms with Crippen LogP contribution in [0.15, 0.2) is 6.20 Å². The van der Waals surface area contributed by atoms with Gasteiger partial charge in [0.2, 0.25) is 0 Å². The van der Waals surface area contributed by atoms with Crippen LogP contribution in [-0.2, 0) is 21.8 Å². The molecule has 0 unspecified atom stereocenters. The quantitative estimate of drug-likeness (QED) is 0.664. The van der Waals surface area contributed by atoms with E-state index in [0.29, 0.717) is 0 Å². The van der Waals surface area contributed by atoms with Gasteiger partial charge in [-0.1, -0.05) is 0 Å². The molecule has 100 valence electrons. The van der Waals surface area contributed by atoms with Crippen LogP contribution in [-0.4, -0.2) is 17.6 Å². The molecule has 0 saturated heterocycles. The van der Waals surface area contributed by atoms with E-state index < -0.39 is 18.0 Å². The van der Waals surface area contributed by atoms with Crippen molar-refractivity contribution in [3.63, 3.8) is 0 Å². The highest BCUT2D eigenvalue weighted by Gasteiger charge is 2.22. The minimum absolute atomic E-state index is 0.0541. The predicted octanol–water partition coefficient (Wildman–Crippen LogP) is 2.45. The summed E-state index contributed by atoms with van der Waals surface area (Å²) in [5.74, 6) is -0.687. The Hall–Kier alpha value is -1.43. The van der Waals surface area contributed by atoms with Crippen LogP contribution in [0.4, 0.5) is 14.5 Å². The fourth-order valence-corrected chi connectivity index (χ4v) is 1.78. The first kappa shape index (κ1) is 14.6. The molecular weight excluding hydrogens is 266 g/mol. The second-order valence-corrected chi connectivity index (χ2v) is 3.74. The summed E-state index contributed by atoms with van der Waals surface area (Å²) in [5.41, 5.74) is 5.18. The zero-order chi connectivity index (χ0) is 13.7. The number of hydrogen-bond acceptors (Lipinski definition) is 4. The van der Waals surface area contributed by atoms with Crippen LogP contribution < -0.4 is 5.73 Å². The number of nitrogens with zero attached hydrogens (tertiary/aromatic N) is 1. The lowest BCUT2D eigenvalue weighted by molar-refractivity contribution is -0.142. The second kappa shape index (κ2) is 6.49. The van der Waals surface area contributed by atoms with Crippen LogP contribution in [0.1, 0.15) is 30.2 Å². The number of hydrogen-bond donors (Lipinski definition) is 1. The van der Waals surface area contributed by atoms with Crippen molar-refractivity contribution in [1.29, 1.82) is 0 Å². The monoisotopic (exact) mass is 278 g/mol. The van der Waals surface area contributed by atoms with Crippen molar-refractivity contribution in [3.05, 3.63) is 23.0 Å². The Morgan fingerprint density at radius 2 is 2.28 bits per heavy atom. The number of carbonyl (C=O) groups is 1. The highest BCUT2D eigenvalue weighted by molar-refractivity contribution is 6.17. The third-order valence-electron chi connectivity index (χ3n) is 2.32. The summed E-state index contributed by atoms with van der Waals surface area (Å²) in [5, 5.41) is 0. The highest BCUT2D eigenvalue weighted by atomic mass is 35.5. The van der Waals surface area contributed by atoms with E-state index in [1.807, 2.05) is 0 Å². The summed E-state index contributed by atoms with van der Waals surface area (Å²) in [6, 6.07) is 0. The Morgan fingerprint density at radius 3 is 2.78 bits per heavy atom. The number of nitrogen functional groups attached to an aromatic ring is 1. The number of carbonyl (C=O) groups excluding carboxylic acids is 1. The Labute approximate surface area is 108 Å². The van der Waals surface area contributed by atoms with Crippen LogP contribution in [0.3, 0.4) is 0 Å². The molecule has 1 rings (SSSR count). The van der Waals surface area contributed by atoms with E-state index in [0.717, 1.165) is 6.20 Å². The highest BCUT2D eigenvalue weighted by Crippen LogP contribution is 2.30. The summed E-state index contributed by atoms with van der Waals surface area (Å²) in [6.45, 7) is 1.81.